The van der Waals surface area contributed by atoms with E-state index in [2.05, 4.69) is 4.98 Å². The van der Waals surface area contributed by atoms with Crippen LogP contribution in [-0.4, -0.2) is 23.2 Å². The van der Waals surface area contributed by atoms with Crippen LogP contribution < -0.4 is 0 Å². The lowest BCUT2D eigenvalue weighted by molar-refractivity contribution is 0.0656. The Morgan fingerprint density at radius 2 is 2.41 bits per heavy atom. The van der Waals surface area contributed by atoms with Crippen molar-refractivity contribution in [2.45, 2.75) is 6.61 Å². The smallest absolute Gasteiger partial charge is 0.373 e. The Bertz CT molecular complexity index is 548. The minimum atomic E-state index is -1.17. The third kappa shape index (κ3) is 2.49. The van der Waals surface area contributed by atoms with Gasteiger partial charge in [0, 0.05) is 7.11 Å². The van der Waals surface area contributed by atoms with E-state index in [1.165, 1.54) is 18.4 Å². The SMILES string of the molecule is COCc1nc(-c2ccc(Cl)s2)oc1C(=O)O. The summed E-state index contributed by atoms with van der Waals surface area (Å²) < 4.78 is 10.6. The van der Waals surface area contributed by atoms with Gasteiger partial charge in [-0.3, -0.25) is 0 Å². The number of ether oxygens (including phenoxy) is 1. The molecule has 1 N–H and O–H groups in total. The highest BCUT2D eigenvalue weighted by Crippen LogP contribution is 2.31. The fourth-order valence-corrected chi connectivity index (χ4v) is 2.26. The molecule has 2 aromatic heterocycles. The number of rotatable bonds is 4. The maximum absolute atomic E-state index is 10.9. The highest BCUT2D eigenvalue weighted by Gasteiger charge is 2.20. The predicted octanol–water partition coefficient (Wildman–Crippen LogP) is 2.90. The van der Waals surface area contributed by atoms with Crippen molar-refractivity contribution in [3.63, 3.8) is 0 Å². The molecular weight excluding hydrogens is 266 g/mol. The zero-order valence-corrected chi connectivity index (χ0v) is 10.3. The van der Waals surface area contributed by atoms with Crippen molar-refractivity contribution in [3.8, 4) is 10.8 Å². The Kier molecular flexibility index (Phi) is 3.46. The molecule has 0 aliphatic heterocycles. The number of nitrogens with zero attached hydrogens (tertiary/aromatic N) is 1. The lowest BCUT2D eigenvalue weighted by Gasteiger charge is -1.92. The topological polar surface area (TPSA) is 72.6 Å². The lowest BCUT2D eigenvalue weighted by atomic mass is 10.3. The Morgan fingerprint density at radius 1 is 1.65 bits per heavy atom. The number of carbonyl (C=O) groups is 1. The first-order valence-electron chi connectivity index (χ1n) is 4.59. The second kappa shape index (κ2) is 4.87. The highest BCUT2D eigenvalue weighted by atomic mass is 35.5. The second-order valence-electron chi connectivity index (χ2n) is 3.14. The Hall–Kier alpha value is -1.37. The van der Waals surface area contributed by atoms with Crippen LogP contribution in [0, 0.1) is 0 Å². The Morgan fingerprint density at radius 3 is 2.94 bits per heavy atom. The van der Waals surface area contributed by atoms with Crippen molar-refractivity contribution in [2.24, 2.45) is 0 Å². The van der Waals surface area contributed by atoms with E-state index in [0.717, 1.165) is 0 Å². The zero-order chi connectivity index (χ0) is 12.4. The van der Waals surface area contributed by atoms with Gasteiger partial charge in [-0.05, 0) is 12.1 Å². The molecular formula is C10H8ClNO4S. The van der Waals surface area contributed by atoms with Gasteiger partial charge in [0.25, 0.3) is 0 Å². The number of thiophene rings is 1. The van der Waals surface area contributed by atoms with E-state index in [4.69, 9.17) is 25.9 Å². The molecule has 0 saturated heterocycles. The first-order chi connectivity index (χ1) is 8.11. The second-order valence-corrected chi connectivity index (χ2v) is 4.85. The molecule has 0 amide bonds. The molecule has 0 aromatic carbocycles. The molecule has 0 bridgehead atoms. The van der Waals surface area contributed by atoms with Gasteiger partial charge in [0.2, 0.25) is 11.7 Å². The van der Waals surface area contributed by atoms with Gasteiger partial charge in [-0.25, -0.2) is 9.78 Å². The van der Waals surface area contributed by atoms with Crippen molar-refractivity contribution < 1.29 is 19.1 Å². The van der Waals surface area contributed by atoms with E-state index in [1.807, 2.05) is 0 Å². The molecule has 2 aromatic rings. The number of halogens is 1. The molecule has 0 unspecified atom stereocenters. The minimum absolute atomic E-state index is 0.0875. The number of hydrogen-bond acceptors (Lipinski definition) is 5. The molecule has 0 aliphatic carbocycles. The molecule has 0 fully saturated rings. The summed E-state index contributed by atoms with van der Waals surface area (Å²) in [5.74, 6) is -1.13. The molecule has 0 spiro atoms. The first kappa shape index (κ1) is 12.1. The lowest BCUT2D eigenvalue weighted by Crippen LogP contribution is -2.00. The summed E-state index contributed by atoms with van der Waals surface area (Å²) >= 11 is 7.06. The number of aromatic nitrogens is 1. The van der Waals surface area contributed by atoms with E-state index < -0.39 is 5.97 Å². The van der Waals surface area contributed by atoms with Crippen molar-refractivity contribution in [3.05, 3.63) is 27.9 Å². The molecule has 5 nitrogen and oxygen atoms in total. The van der Waals surface area contributed by atoms with Crippen LogP contribution in [0.1, 0.15) is 16.2 Å². The summed E-state index contributed by atoms with van der Waals surface area (Å²) in [5, 5.41) is 8.95. The van der Waals surface area contributed by atoms with Gasteiger partial charge in [-0.1, -0.05) is 11.6 Å². The maximum atomic E-state index is 10.9. The standard InChI is InChI=1S/C10H8ClNO4S/c1-15-4-5-8(10(13)14)16-9(12-5)6-2-3-7(11)17-6/h2-3H,4H2,1H3,(H,13,14). The monoisotopic (exact) mass is 273 g/mol. The van der Waals surface area contributed by atoms with Gasteiger partial charge < -0.3 is 14.3 Å². The number of carboxylic acids is 1. The number of oxazole rings is 1. The molecule has 0 atom stereocenters. The number of carboxylic acid groups (broad SMARTS) is 1. The molecule has 0 saturated carbocycles. The predicted molar refractivity (Wildman–Crippen MR) is 62.5 cm³/mol. The summed E-state index contributed by atoms with van der Waals surface area (Å²) in [6, 6.07) is 3.42. The van der Waals surface area contributed by atoms with Gasteiger partial charge >= 0.3 is 5.97 Å². The molecule has 2 heterocycles. The third-order valence-electron chi connectivity index (χ3n) is 1.96. The van der Waals surface area contributed by atoms with E-state index >= 15 is 0 Å². The maximum Gasteiger partial charge on any atom is 0.373 e. The van der Waals surface area contributed by atoms with E-state index in [0.29, 0.717) is 9.21 Å². The quantitative estimate of drug-likeness (QED) is 0.927. The average molecular weight is 274 g/mol. The number of methoxy groups -OCH3 is 1. The van der Waals surface area contributed by atoms with Gasteiger partial charge in [0.1, 0.15) is 5.69 Å². The summed E-state index contributed by atoms with van der Waals surface area (Å²) in [4.78, 5) is 15.7. The van der Waals surface area contributed by atoms with Crippen molar-refractivity contribution >= 4 is 28.9 Å². The molecule has 90 valence electrons. The molecule has 0 aliphatic rings. The van der Waals surface area contributed by atoms with Gasteiger partial charge in [-0.15, -0.1) is 11.3 Å². The fourth-order valence-electron chi connectivity index (χ4n) is 1.29. The van der Waals surface area contributed by atoms with Crippen LogP contribution in [0.25, 0.3) is 10.8 Å². The van der Waals surface area contributed by atoms with Crippen molar-refractivity contribution in [2.75, 3.05) is 7.11 Å². The van der Waals surface area contributed by atoms with Crippen molar-refractivity contribution in [1.29, 1.82) is 0 Å². The number of hydrogen-bond donors (Lipinski definition) is 1. The third-order valence-corrected chi connectivity index (χ3v) is 3.18. The van der Waals surface area contributed by atoms with Crippen LogP contribution in [-0.2, 0) is 11.3 Å². The van der Waals surface area contributed by atoms with Crippen molar-refractivity contribution in [1.82, 2.24) is 4.98 Å². The molecule has 7 heteroatoms. The minimum Gasteiger partial charge on any atom is -0.475 e. The average Bonchev–Trinajstić information content (AvgIpc) is 2.85. The number of aromatic carboxylic acids is 1. The van der Waals surface area contributed by atoms with Gasteiger partial charge in [-0.2, -0.15) is 0 Å². The normalized spacial score (nSPS) is 10.7. The molecule has 2 rings (SSSR count). The van der Waals surface area contributed by atoms with E-state index in [-0.39, 0.29) is 24.0 Å². The zero-order valence-electron chi connectivity index (χ0n) is 8.77. The van der Waals surface area contributed by atoms with Gasteiger partial charge in [0.15, 0.2) is 0 Å². The summed E-state index contributed by atoms with van der Waals surface area (Å²) in [7, 11) is 1.46. The van der Waals surface area contributed by atoms with Crippen LogP contribution in [0.15, 0.2) is 16.5 Å². The highest BCUT2D eigenvalue weighted by molar-refractivity contribution is 7.19. The summed E-state index contributed by atoms with van der Waals surface area (Å²) in [6.45, 7) is 0.0875. The van der Waals surface area contributed by atoms with E-state index in [9.17, 15) is 4.79 Å². The Balaban J connectivity index is 2.43. The van der Waals surface area contributed by atoms with Crippen LogP contribution in [0.5, 0.6) is 0 Å². The van der Waals surface area contributed by atoms with E-state index in [1.54, 1.807) is 12.1 Å². The molecule has 0 radical (unpaired) electrons. The van der Waals surface area contributed by atoms with Crippen LogP contribution >= 0.6 is 22.9 Å². The van der Waals surface area contributed by atoms with Crippen LogP contribution in [0.2, 0.25) is 4.34 Å². The summed E-state index contributed by atoms with van der Waals surface area (Å²) in [5.41, 5.74) is 0.263. The van der Waals surface area contributed by atoms with Crippen LogP contribution in [0.3, 0.4) is 0 Å². The summed E-state index contributed by atoms with van der Waals surface area (Å²) in [6.07, 6.45) is 0. The molecule has 17 heavy (non-hydrogen) atoms. The van der Waals surface area contributed by atoms with Crippen LogP contribution in [0.4, 0.5) is 0 Å². The Labute approximate surface area is 106 Å². The fraction of sp³-hybridized carbons (Fsp3) is 0.200. The first-order valence-corrected chi connectivity index (χ1v) is 5.79. The largest absolute Gasteiger partial charge is 0.475 e. The van der Waals surface area contributed by atoms with Gasteiger partial charge in [0.05, 0.1) is 15.8 Å².